The van der Waals surface area contributed by atoms with Crippen molar-refractivity contribution in [3.63, 3.8) is 0 Å². The lowest BCUT2D eigenvalue weighted by Gasteiger charge is -2.07. The van der Waals surface area contributed by atoms with E-state index < -0.39 is 0 Å². The highest BCUT2D eigenvalue weighted by Crippen LogP contribution is 2.06. The molecule has 0 spiro atoms. The van der Waals surface area contributed by atoms with E-state index in [-0.39, 0.29) is 0 Å². The molecule has 84 valence electrons. The van der Waals surface area contributed by atoms with E-state index in [1.165, 1.54) is 11.1 Å². The zero-order chi connectivity index (χ0) is 10.9. The molecule has 0 saturated heterocycles. The Balaban J connectivity index is 2.12. The molecule has 1 aromatic carbocycles. The first-order valence-corrected chi connectivity index (χ1v) is 5.67. The van der Waals surface area contributed by atoms with Crippen LogP contribution in [0.1, 0.15) is 18.1 Å². The molecule has 1 N–H and O–H groups in total. The van der Waals surface area contributed by atoms with Crippen molar-refractivity contribution in [2.75, 3.05) is 26.3 Å². The first kappa shape index (κ1) is 12.2. The van der Waals surface area contributed by atoms with Crippen LogP contribution >= 0.6 is 0 Å². The van der Waals surface area contributed by atoms with Gasteiger partial charge in [0.15, 0.2) is 0 Å². The number of benzene rings is 1. The fourth-order valence-corrected chi connectivity index (χ4v) is 1.53. The van der Waals surface area contributed by atoms with Crippen molar-refractivity contribution < 1.29 is 4.74 Å². The van der Waals surface area contributed by atoms with E-state index in [1.54, 1.807) is 0 Å². The Morgan fingerprint density at radius 2 is 2.00 bits per heavy atom. The highest BCUT2D eigenvalue weighted by atomic mass is 16.5. The monoisotopic (exact) mass is 207 g/mol. The van der Waals surface area contributed by atoms with Crippen LogP contribution in [0.3, 0.4) is 0 Å². The molecule has 1 rings (SSSR count). The second-order valence-electron chi connectivity index (χ2n) is 3.62. The largest absolute Gasteiger partial charge is 0.380 e. The van der Waals surface area contributed by atoms with Gasteiger partial charge >= 0.3 is 0 Å². The Morgan fingerprint density at radius 1 is 1.20 bits per heavy atom. The van der Waals surface area contributed by atoms with Crippen LogP contribution in [0.2, 0.25) is 0 Å². The summed E-state index contributed by atoms with van der Waals surface area (Å²) < 4.78 is 5.25. The van der Waals surface area contributed by atoms with Gasteiger partial charge in [-0.2, -0.15) is 0 Å². The van der Waals surface area contributed by atoms with E-state index in [1.807, 2.05) is 6.92 Å². The molecule has 0 fully saturated rings. The minimum atomic E-state index is 0.805. The van der Waals surface area contributed by atoms with Gasteiger partial charge in [0.05, 0.1) is 6.61 Å². The highest BCUT2D eigenvalue weighted by Gasteiger charge is 1.95. The van der Waals surface area contributed by atoms with E-state index in [9.17, 15) is 0 Å². The molecule has 0 amide bonds. The van der Waals surface area contributed by atoms with Crippen LogP contribution in [0.4, 0.5) is 0 Å². The van der Waals surface area contributed by atoms with Gasteiger partial charge in [0, 0.05) is 13.2 Å². The van der Waals surface area contributed by atoms with Crippen molar-refractivity contribution in [2.45, 2.75) is 20.3 Å². The summed E-state index contributed by atoms with van der Waals surface area (Å²) in [5.74, 6) is 0. The molecule has 0 bridgehead atoms. The number of rotatable bonds is 7. The molecule has 0 aliphatic rings. The average molecular weight is 207 g/mol. The molecule has 2 heteroatoms. The zero-order valence-electron chi connectivity index (χ0n) is 9.75. The first-order valence-electron chi connectivity index (χ1n) is 5.67. The van der Waals surface area contributed by atoms with Crippen LogP contribution in [-0.2, 0) is 11.2 Å². The molecule has 0 aliphatic heterocycles. The van der Waals surface area contributed by atoms with Gasteiger partial charge in [-0.3, -0.25) is 0 Å². The van der Waals surface area contributed by atoms with Gasteiger partial charge in [-0.1, -0.05) is 24.3 Å². The van der Waals surface area contributed by atoms with Gasteiger partial charge in [-0.05, 0) is 37.9 Å². The standard InChI is InChI=1S/C13H21NO/c1-3-15-11-10-14-9-8-13-7-5-4-6-12(13)2/h4-7,14H,3,8-11H2,1-2H3. The van der Waals surface area contributed by atoms with Gasteiger partial charge in [0.25, 0.3) is 0 Å². The summed E-state index contributed by atoms with van der Waals surface area (Å²) in [4.78, 5) is 0. The first-order chi connectivity index (χ1) is 7.34. The third kappa shape index (κ3) is 4.96. The predicted molar refractivity (Wildman–Crippen MR) is 64.2 cm³/mol. The summed E-state index contributed by atoms with van der Waals surface area (Å²) in [6, 6.07) is 8.54. The summed E-state index contributed by atoms with van der Waals surface area (Å²) in [6.45, 7) is 7.77. The topological polar surface area (TPSA) is 21.3 Å². The Bertz CT molecular complexity index is 273. The van der Waals surface area contributed by atoms with Crippen molar-refractivity contribution in [3.05, 3.63) is 35.4 Å². The van der Waals surface area contributed by atoms with E-state index in [0.29, 0.717) is 0 Å². The number of hydrogen-bond acceptors (Lipinski definition) is 2. The van der Waals surface area contributed by atoms with E-state index >= 15 is 0 Å². The molecule has 0 unspecified atom stereocenters. The van der Waals surface area contributed by atoms with Gasteiger partial charge < -0.3 is 10.1 Å². The normalized spacial score (nSPS) is 10.5. The van der Waals surface area contributed by atoms with Crippen molar-refractivity contribution in [1.29, 1.82) is 0 Å². The molecule has 0 saturated carbocycles. The van der Waals surface area contributed by atoms with Crippen LogP contribution < -0.4 is 5.32 Å². The maximum Gasteiger partial charge on any atom is 0.0590 e. The SMILES string of the molecule is CCOCCNCCc1ccccc1C. The Labute approximate surface area is 92.6 Å². The smallest absolute Gasteiger partial charge is 0.0590 e. The third-order valence-electron chi connectivity index (χ3n) is 2.46. The Kier molecular flexibility index (Phi) is 6.05. The molecule has 1 aromatic rings. The second-order valence-corrected chi connectivity index (χ2v) is 3.62. The number of hydrogen-bond donors (Lipinski definition) is 1. The van der Waals surface area contributed by atoms with Crippen LogP contribution in [0.15, 0.2) is 24.3 Å². The van der Waals surface area contributed by atoms with Crippen molar-refractivity contribution >= 4 is 0 Å². The number of nitrogens with one attached hydrogen (secondary N) is 1. The lowest BCUT2D eigenvalue weighted by Crippen LogP contribution is -2.22. The van der Waals surface area contributed by atoms with Gasteiger partial charge in [-0.25, -0.2) is 0 Å². The van der Waals surface area contributed by atoms with Crippen molar-refractivity contribution in [3.8, 4) is 0 Å². The van der Waals surface area contributed by atoms with E-state index in [4.69, 9.17) is 4.74 Å². The molecule has 0 atom stereocenters. The average Bonchev–Trinajstić information content (AvgIpc) is 2.25. The van der Waals surface area contributed by atoms with Crippen LogP contribution in [0.5, 0.6) is 0 Å². The molecule has 0 heterocycles. The highest BCUT2D eigenvalue weighted by molar-refractivity contribution is 5.25. The molecule has 0 aromatic heterocycles. The molecule has 0 aliphatic carbocycles. The molecule has 0 radical (unpaired) electrons. The van der Waals surface area contributed by atoms with Gasteiger partial charge in [0.2, 0.25) is 0 Å². The summed E-state index contributed by atoms with van der Waals surface area (Å²) in [6.07, 6.45) is 1.10. The molecule has 15 heavy (non-hydrogen) atoms. The lowest BCUT2D eigenvalue weighted by atomic mass is 10.1. The Hall–Kier alpha value is -0.860. The summed E-state index contributed by atoms with van der Waals surface area (Å²) >= 11 is 0. The van der Waals surface area contributed by atoms with Crippen LogP contribution in [0.25, 0.3) is 0 Å². The maximum absolute atomic E-state index is 5.25. The fourth-order valence-electron chi connectivity index (χ4n) is 1.53. The molecular weight excluding hydrogens is 186 g/mol. The molecule has 2 nitrogen and oxygen atoms in total. The minimum absolute atomic E-state index is 0.805. The second kappa shape index (κ2) is 7.43. The zero-order valence-corrected chi connectivity index (χ0v) is 9.75. The maximum atomic E-state index is 5.25. The minimum Gasteiger partial charge on any atom is -0.380 e. The Morgan fingerprint density at radius 3 is 2.73 bits per heavy atom. The summed E-state index contributed by atoms with van der Waals surface area (Å²) in [5.41, 5.74) is 2.81. The number of ether oxygens (including phenoxy) is 1. The summed E-state index contributed by atoms with van der Waals surface area (Å²) in [7, 11) is 0. The third-order valence-corrected chi connectivity index (χ3v) is 2.46. The van der Waals surface area contributed by atoms with Crippen molar-refractivity contribution in [2.24, 2.45) is 0 Å². The van der Waals surface area contributed by atoms with Gasteiger partial charge in [-0.15, -0.1) is 0 Å². The predicted octanol–water partition coefficient (Wildman–Crippen LogP) is 2.16. The van der Waals surface area contributed by atoms with Crippen molar-refractivity contribution in [1.82, 2.24) is 5.32 Å². The number of aryl methyl sites for hydroxylation is 1. The van der Waals surface area contributed by atoms with E-state index in [0.717, 1.165) is 32.7 Å². The van der Waals surface area contributed by atoms with Crippen LogP contribution in [0, 0.1) is 6.92 Å². The summed E-state index contributed by atoms with van der Waals surface area (Å²) in [5, 5.41) is 3.37. The lowest BCUT2D eigenvalue weighted by molar-refractivity contribution is 0.149. The van der Waals surface area contributed by atoms with Crippen LogP contribution in [-0.4, -0.2) is 26.3 Å². The molecular formula is C13H21NO. The quantitative estimate of drug-likeness (QED) is 0.692. The van der Waals surface area contributed by atoms with Gasteiger partial charge in [0.1, 0.15) is 0 Å². The fraction of sp³-hybridized carbons (Fsp3) is 0.538. The van der Waals surface area contributed by atoms with E-state index in [2.05, 4.69) is 36.5 Å².